The summed E-state index contributed by atoms with van der Waals surface area (Å²) in [6.45, 7) is 3.87. The molecule has 2 unspecified atom stereocenters. The molecular formula is C27H23FN4O2. The van der Waals surface area contributed by atoms with Crippen LogP contribution in [-0.2, 0) is 4.79 Å². The molecule has 2 atom stereocenters. The lowest BCUT2D eigenvalue weighted by Crippen LogP contribution is -2.50. The molecule has 0 aliphatic carbocycles. The van der Waals surface area contributed by atoms with Crippen LogP contribution in [0.4, 0.5) is 10.2 Å². The molecule has 2 N–H and O–H groups in total. The quantitative estimate of drug-likeness (QED) is 0.476. The van der Waals surface area contributed by atoms with E-state index in [-0.39, 0.29) is 17.6 Å². The Hall–Kier alpha value is -4.26. The summed E-state index contributed by atoms with van der Waals surface area (Å²) in [6.07, 6.45) is 0. The lowest BCUT2D eigenvalue weighted by Gasteiger charge is -2.32. The van der Waals surface area contributed by atoms with Gasteiger partial charge >= 0.3 is 0 Å². The standard InChI is InChI=1S/C27H23FN4O2/c1-16-8-14-21(15-9-16)32-25-22(17(2)31-32)23(18-10-12-20(28)13-11-18)24(27(34)30-25)29-26(33)19-6-4-3-5-7-19/h3-15,23-24H,1-2H3,(H,29,33)(H,30,34). The van der Waals surface area contributed by atoms with Gasteiger partial charge in [0.25, 0.3) is 5.91 Å². The second-order valence-electron chi connectivity index (χ2n) is 8.43. The van der Waals surface area contributed by atoms with Crippen LogP contribution in [0.3, 0.4) is 0 Å². The molecule has 0 spiro atoms. The number of rotatable bonds is 4. The maximum absolute atomic E-state index is 13.7. The first kappa shape index (κ1) is 21.6. The minimum absolute atomic E-state index is 0.361. The molecule has 7 heteroatoms. The molecule has 0 saturated heterocycles. The Morgan fingerprint density at radius 2 is 1.65 bits per heavy atom. The number of benzene rings is 3. The highest BCUT2D eigenvalue weighted by Gasteiger charge is 2.41. The van der Waals surface area contributed by atoms with Crippen molar-refractivity contribution < 1.29 is 14.0 Å². The van der Waals surface area contributed by atoms with Crippen LogP contribution in [-0.4, -0.2) is 27.6 Å². The van der Waals surface area contributed by atoms with E-state index in [1.54, 1.807) is 41.1 Å². The third-order valence-corrected chi connectivity index (χ3v) is 6.11. The number of hydrogen-bond donors (Lipinski definition) is 2. The van der Waals surface area contributed by atoms with Crippen molar-refractivity contribution in [3.8, 4) is 5.69 Å². The van der Waals surface area contributed by atoms with Crippen LogP contribution in [0.5, 0.6) is 0 Å². The predicted octanol–water partition coefficient (Wildman–Crippen LogP) is 4.51. The number of carbonyl (C=O) groups is 2. The Morgan fingerprint density at radius 1 is 0.971 bits per heavy atom. The summed E-state index contributed by atoms with van der Waals surface area (Å²) < 4.78 is 15.4. The number of aryl methyl sites for hydroxylation is 2. The summed E-state index contributed by atoms with van der Waals surface area (Å²) in [5.74, 6) is -1.09. The molecular weight excluding hydrogens is 431 g/mol. The van der Waals surface area contributed by atoms with Crippen molar-refractivity contribution in [1.29, 1.82) is 0 Å². The number of halogens is 1. The Kier molecular flexibility index (Phi) is 5.45. The van der Waals surface area contributed by atoms with E-state index in [1.165, 1.54) is 12.1 Å². The fraction of sp³-hybridized carbons (Fsp3) is 0.148. The Balaban J connectivity index is 1.62. The maximum Gasteiger partial charge on any atom is 0.251 e. The van der Waals surface area contributed by atoms with Crippen LogP contribution >= 0.6 is 0 Å². The summed E-state index contributed by atoms with van der Waals surface area (Å²) in [6, 6.07) is 21.7. The van der Waals surface area contributed by atoms with Crippen LogP contribution in [0.15, 0.2) is 78.9 Å². The summed E-state index contributed by atoms with van der Waals surface area (Å²) >= 11 is 0. The fourth-order valence-corrected chi connectivity index (χ4v) is 4.41. The highest BCUT2D eigenvalue weighted by molar-refractivity contribution is 6.04. The summed E-state index contributed by atoms with van der Waals surface area (Å²) in [7, 11) is 0. The Labute approximate surface area is 196 Å². The van der Waals surface area contributed by atoms with Crippen molar-refractivity contribution in [1.82, 2.24) is 15.1 Å². The average molecular weight is 455 g/mol. The van der Waals surface area contributed by atoms with Crippen molar-refractivity contribution in [3.63, 3.8) is 0 Å². The van der Waals surface area contributed by atoms with Gasteiger partial charge in [-0.15, -0.1) is 0 Å². The van der Waals surface area contributed by atoms with Gasteiger partial charge in [0.15, 0.2) is 0 Å². The van der Waals surface area contributed by atoms with Gasteiger partial charge in [-0.05, 0) is 55.8 Å². The normalized spacial score (nSPS) is 17.1. The highest BCUT2D eigenvalue weighted by atomic mass is 19.1. The lowest BCUT2D eigenvalue weighted by atomic mass is 9.82. The van der Waals surface area contributed by atoms with Crippen molar-refractivity contribution in [2.24, 2.45) is 0 Å². The number of fused-ring (bicyclic) bond motifs is 1. The third-order valence-electron chi connectivity index (χ3n) is 6.11. The van der Waals surface area contributed by atoms with Crippen LogP contribution < -0.4 is 10.6 Å². The van der Waals surface area contributed by atoms with Crippen LogP contribution in [0.25, 0.3) is 5.69 Å². The fourth-order valence-electron chi connectivity index (χ4n) is 4.41. The molecule has 5 rings (SSSR count). The highest BCUT2D eigenvalue weighted by Crippen LogP contribution is 2.40. The molecule has 4 aromatic rings. The second kappa shape index (κ2) is 8.59. The second-order valence-corrected chi connectivity index (χ2v) is 8.43. The van der Waals surface area contributed by atoms with Crippen molar-refractivity contribution in [2.45, 2.75) is 25.8 Å². The first-order valence-corrected chi connectivity index (χ1v) is 11.0. The Morgan fingerprint density at radius 3 is 2.32 bits per heavy atom. The topological polar surface area (TPSA) is 76.0 Å². The number of carbonyl (C=O) groups excluding carboxylic acids is 2. The molecule has 2 heterocycles. The number of amides is 2. The van der Waals surface area contributed by atoms with Gasteiger partial charge in [0.1, 0.15) is 17.7 Å². The van der Waals surface area contributed by atoms with E-state index in [4.69, 9.17) is 5.10 Å². The zero-order valence-electron chi connectivity index (χ0n) is 18.7. The zero-order valence-corrected chi connectivity index (χ0v) is 18.7. The number of aromatic nitrogens is 2. The first-order valence-electron chi connectivity index (χ1n) is 11.0. The van der Waals surface area contributed by atoms with E-state index in [0.717, 1.165) is 16.8 Å². The number of nitrogens with zero attached hydrogens (tertiary/aromatic N) is 2. The van der Waals surface area contributed by atoms with E-state index >= 15 is 0 Å². The van der Waals surface area contributed by atoms with Crippen molar-refractivity contribution in [2.75, 3.05) is 5.32 Å². The van der Waals surface area contributed by atoms with Gasteiger partial charge in [0, 0.05) is 17.0 Å². The molecule has 0 radical (unpaired) electrons. The van der Waals surface area contributed by atoms with Gasteiger partial charge in [-0.3, -0.25) is 9.59 Å². The predicted molar refractivity (Wildman–Crippen MR) is 128 cm³/mol. The van der Waals surface area contributed by atoms with Gasteiger partial charge in [0.05, 0.1) is 11.4 Å². The molecule has 34 heavy (non-hydrogen) atoms. The van der Waals surface area contributed by atoms with Gasteiger partial charge in [-0.2, -0.15) is 5.10 Å². The molecule has 3 aromatic carbocycles. The molecule has 0 fully saturated rings. The number of anilines is 1. The largest absolute Gasteiger partial charge is 0.339 e. The number of nitrogens with one attached hydrogen (secondary N) is 2. The summed E-state index contributed by atoms with van der Waals surface area (Å²) in [5, 5.41) is 10.6. The molecule has 170 valence electrons. The molecule has 6 nitrogen and oxygen atoms in total. The maximum atomic E-state index is 13.7. The van der Waals surface area contributed by atoms with Gasteiger partial charge in [-0.25, -0.2) is 9.07 Å². The number of hydrogen-bond acceptors (Lipinski definition) is 3. The van der Waals surface area contributed by atoms with Crippen LogP contribution in [0.2, 0.25) is 0 Å². The van der Waals surface area contributed by atoms with Crippen LogP contribution in [0.1, 0.15) is 38.7 Å². The minimum atomic E-state index is -0.903. The molecule has 1 aliphatic rings. The average Bonchev–Trinajstić information content (AvgIpc) is 3.17. The lowest BCUT2D eigenvalue weighted by molar-refractivity contribution is -0.118. The Bertz CT molecular complexity index is 1360. The van der Waals surface area contributed by atoms with E-state index < -0.39 is 12.0 Å². The zero-order chi connectivity index (χ0) is 23.8. The van der Waals surface area contributed by atoms with E-state index in [1.807, 2.05) is 44.2 Å². The molecule has 1 aromatic heterocycles. The molecule has 1 aliphatic heterocycles. The van der Waals surface area contributed by atoms with Crippen molar-refractivity contribution in [3.05, 3.63) is 113 Å². The van der Waals surface area contributed by atoms with Gasteiger partial charge in [0.2, 0.25) is 5.91 Å². The van der Waals surface area contributed by atoms with Crippen LogP contribution in [0, 0.1) is 19.7 Å². The van der Waals surface area contributed by atoms with E-state index in [0.29, 0.717) is 22.6 Å². The molecule has 2 amide bonds. The smallest absolute Gasteiger partial charge is 0.251 e. The van der Waals surface area contributed by atoms with E-state index in [9.17, 15) is 14.0 Å². The minimum Gasteiger partial charge on any atom is -0.339 e. The van der Waals surface area contributed by atoms with Gasteiger partial charge < -0.3 is 10.6 Å². The summed E-state index contributed by atoms with van der Waals surface area (Å²) in [5.41, 5.74) is 4.57. The van der Waals surface area contributed by atoms with Gasteiger partial charge in [-0.1, -0.05) is 48.0 Å². The summed E-state index contributed by atoms with van der Waals surface area (Å²) in [4.78, 5) is 26.4. The molecule has 0 saturated carbocycles. The molecule has 0 bridgehead atoms. The third kappa shape index (κ3) is 3.85. The monoisotopic (exact) mass is 454 g/mol. The van der Waals surface area contributed by atoms with E-state index in [2.05, 4.69) is 10.6 Å². The SMILES string of the molecule is Cc1ccc(-n2nc(C)c3c2NC(=O)C(NC(=O)c2ccccc2)C3c2ccc(F)cc2)cc1. The first-order chi connectivity index (χ1) is 16.4. The van der Waals surface area contributed by atoms with Crippen molar-refractivity contribution >= 4 is 17.6 Å².